The zero-order valence-corrected chi connectivity index (χ0v) is 26.1. The lowest BCUT2D eigenvalue weighted by atomic mass is 9.70. The highest BCUT2D eigenvalue weighted by atomic mass is 32.1. The Bertz CT molecular complexity index is 1500. The molecule has 6 aliphatic rings. The van der Waals surface area contributed by atoms with Crippen molar-refractivity contribution in [1.82, 2.24) is 20.2 Å². The van der Waals surface area contributed by atoms with E-state index in [1.54, 1.807) is 11.3 Å². The molecule has 3 N–H and O–H groups in total. The Morgan fingerprint density at radius 1 is 0.977 bits per heavy atom. The molecule has 4 saturated heterocycles. The van der Waals surface area contributed by atoms with E-state index in [1.165, 1.54) is 4.88 Å². The van der Waals surface area contributed by atoms with E-state index in [-0.39, 0.29) is 10.8 Å². The van der Waals surface area contributed by atoms with Gasteiger partial charge in [-0.25, -0.2) is 0 Å². The van der Waals surface area contributed by atoms with Crippen LogP contribution in [0.3, 0.4) is 0 Å². The number of piperazine rings is 1. The van der Waals surface area contributed by atoms with Gasteiger partial charge in [-0.1, -0.05) is 6.42 Å². The summed E-state index contributed by atoms with van der Waals surface area (Å²) in [5.74, 6) is 1.36. The van der Waals surface area contributed by atoms with Gasteiger partial charge in [0.1, 0.15) is 22.7 Å². The largest absolute Gasteiger partial charge is 0.463 e. The smallest absolute Gasteiger partial charge is 0.320 e. The quantitative estimate of drug-likeness (QED) is 0.475. The van der Waals surface area contributed by atoms with Gasteiger partial charge in [0.05, 0.1) is 25.4 Å². The van der Waals surface area contributed by atoms with Gasteiger partial charge in [-0.2, -0.15) is 20.5 Å². The summed E-state index contributed by atoms with van der Waals surface area (Å²) in [6, 6.07) is 6.12. The van der Waals surface area contributed by atoms with Crippen molar-refractivity contribution in [2.24, 2.45) is 5.41 Å². The average Bonchev–Trinajstić information content (AvgIpc) is 3.65. The standard InChI is InChI=1S/C32H41N9O2S/c33-13-23-26-25(44-27(23)35)3-1-2-6-32(26)18-41(19-32)29-24(14-34)28(40-15-21-4-5-22(16-40)36-21)37-30(38-29)43-20-31(7-8-31)17-39-9-11-42-12-10-39/h21-22,36H,1-12,15-20,35H2/t21-,22+. The monoisotopic (exact) mass is 615 g/mol. The maximum Gasteiger partial charge on any atom is 0.320 e. The number of rotatable bonds is 7. The lowest BCUT2D eigenvalue weighted by Gasteiger charge is -2.51. The number of nitriles is 2. The number of anilines is 3. The number of thiophene rings is 1. The summed E-state index contributed by atoms with van der Waals surface area (Å²) in [5, 5.41) is 24.9. The number of hydrogen-bond acceptors (Lipinski definition) is 12. The van der Waals surface area contributed by atoms with Crippen molar-refractivity contribution >= 4 is 28.0 Å². The van der Waals surface area contributed by atoms with Crippen molar-refractivity contribution < 1.29 is 9.47 Å². The summed E-state index contributed by atoms with van der Waals surface area (Å²) in [6.07, 6.45) is 8.79. The molecule has 6 heterocycles. The molecule has 1 spiro atoms. The second-order valence-corrected chi connectivity index (χ2v) is 15.1. The van der Waals surface area contributed by atoms with Crippen LogP contribution in [-0.4, -0.2) is 92.6 Å². The van der Waals surface area contributed by atoms with Crippen molar-refractivity contribution in [2.75, 3.05) is 81.2 Å². The number of nitrogen functional groups attached to an aromatic ring is 1. The Hall–Kier alpha value is -3.16. The highest BCUT2D eigenvalue weighted by Gasteiger charge is 2.50. The number of nitrogens with zero attached hydrogens (tertiary/aromatic N) is 7. The molecule has 44 heavy (non-hydrogen) atoms. The van der Waals surface area contributed by atoms with E-state index in [4.69, 9.17) is 25.2 Å². The highest BCUT2D eigenvalue weighted by molar-refractivity contribution is 7.16. The van der Waals surface area contributed by atoms with Crippen molar-refractivity contribution in [1.29, 1.82) is 10.5 Å². The van der Waals surface area contributed by atoms with Crippen LogP contribution < -0.4 is 25.6 Å². The molecule has 2 aromatic heterocycles. The Kier molecular flexibility index (Phi) is 7.10. The molecule has 2 aromatic rings. The molecule has 232 valence electrons. The summed E-state index contributed by atoms with van der Waals surface area (Å²) < 4.78 is 12.0. The third-order valence-corrected chi connectivity index (χ3v) is 11.9. The first-order chi connectivity index (χ1) is 21.5. The number of nitrogens with one attached hydrogen (secondary N) is 1. The molecule has 11 nitrogen and oxygen atoms in total. The molecule has 12 heteroatoms. The fourth-order valence-electron chi connectivity index (χ4n) is 8.36. The van der Waals surface area contributed by atoms with Crippen LogP contribution in [0.5, 0.6) is 6.01 Å². The minimum Gasteiger partial charge on any atom is -0.463 e. The van der Waals surface area contributed by atoms with Crippen LogP contribution in [0.4, 0.5) is 16.6 Å². The number of fused-ring (bicyclic) bond motifs is 4. The molecule has 5 fully saturated rings. The van der Waals surface area contributed by atoms with E-state index in [1.807, 2.05) is 0 Å². The molecule has 0 radical (unpaired) electrons. The topological polar surface area (TPSA) is 140 Å². The first-order valence-corrected chi connectivity index (χ1v) is 17.1. The van der Waals surface area contributed by atoms with Gasteiger partial charge < -0.3 is 30.3 Å². The summed E-state index contributed by atoms with van der Waals surface area (Å²) in [5.41, 5.74) is 8.66. The number of nitrogens with two attached hydrogens (primary N) is 1. The van der Waals surface area contributed by atoms with Crippen LogP contribution in [0, 0.1) is 28.1 Å². The first kappa shape index (κ1) is 28.3. The minimum atomic E-state index is -0.145. The molecule has 1 saturated carbocycles. The van der Waals surface area contributed by atoms with E-state index >= 15 is 0 Å². The van der Waals surface area contributed by atoms with Crippen molar-refractivity contribution in [3.63, 3.8) is 0 Å². The predicted molar refractivity (Wildman–Crippen MR) is 168 cm³/mol. The highest BCUT2D eigenvalue weighted by Crippen LogP contribution is 2.51. The lowest BCUT2D eigenvalue weighted by molar-refractivity contribution is 0.0231. The SMILES string of the molecule is N#Cc1c(N2C[C@H]3CC[C@@H](C2)N3)nc(OCC2(CN3CCOCC3)CC2)nc1N1CC2(CCCCc3sc(N)c(C#N)c32)C1. The number of ether oxygens (including phenoxy) is 2. The van der Waals surface area contributed by atoms with Gasteiger partial charge in [0.15, 0.2) is 11.6 Å². The Morgan fingerprint density at radius 3 is 2.36 bits per heavy atom. The fraction of sp³-hybridized carbons (Fsp3) is 0.688. The van der Waals surface area contributed by atoms with Gasteiger partial charge in [-0.3, -0.25) is 4.90 Å². The Morgan fingerprint density at radius 2 is 1.68 bits per heavy atom. The van der Waals surface area contributed by atoms with Gasteiger partial charge in [0.25, 0.3) is 0 Å². The second-order valence-electron chi connectivity index (χ2n) is 14.0. The summed E-state index contributed by atoms with van der Waals surface area (Å²) in [6.45, 7) is 8.19. The Balaban J connectivity index is 1.10. The van der Waals surface area contributed by atoms with Gasteiger partial charge in [0.2, 0.25) is 0 Å². The molecule has 2 atom stereocenters. The van der Waals surface area contributed by atoms with Crippen molar-refractivity contribution in [3.8, 4) is 18.1 Å². The Labute approximate surface area is 262 Å². The first-order valence-electron chi connectivity index (χ1n) is 16.3. The van der Waals surface area contributed by atoms with Crippen LogP contribution >= 0.6 is 11.3 Å². The molecule has 0 unspecified atom stereocenters. The molecule has 2 bridgehead atoms. The van der Waals surface area contributed by atoms with Gasteiger partial charge in [-0.05, 0) is 50.5 Å². The number of morpholine rings is 1. The van der Waals surface area contributed by atoms with Gasteiger partial charge >= 0.3 is 6.01 Å². The number of hydrogen-bond donors (Lipinski definition) is 2. The fourth-order valence-corrected chi connectivity index (χ4v) is 9.54. The van der Waals surface area contributed by atoms with Crippen LogP contribution in [0.25, 0.3) is 0 Å². The minimum absolute atomic E-state index is 0.132. The zero-order chi connectivity index (χ0) is 29.9. The van der Waals surface area contributed by atoms with Gasteiger partial charge in [0, 0.05) is 73.6 Å². The summed E-state index contributed by atoms with van der Waals surface area (Å²) in [4.78, 5) is 18.2. The van der Waals surface area contributed by atoms with Crippen LogP contribution in [0.1, 0.15) is 66.5 Å². The third kappa shape index (κ3) is 4.96. The van der Waals surface area contributed by atoms with Crippen LogP contribution in [-0.2, 0) is 16.6 Å². The molecule has 4 aliphatic heterocycles. The van der Waals surface area contributed by atoms with E-state index in [0.717, 1.165) is 103 Å². The van der Waals surface area contributed by atoms with E-state index in [9.17, 15) is 10.5 Å². The molecular weight excluding hydrogens is 574 g/mol. The maximum atomic E-state index is 10.6. The van der Waals surface area contributed by atoms with E-state index in [0.29, 0.717) is 65.6 Å². The summed E-state index contributed by atoms with van der Waals surface area (Å²) >= 11 is 1.58. The predicted octanol–water partition coefficient (Wildman–Crippen LogP) is 2.78. The molecule has 0 aromatic carbocycles. The normalized spacial score (nSPS) is 26.8. The van der Waals surface area contributed by atoms with Crippen molar-refractivity contribution in [2.45, 2.75) is 68.9 Å². The second kappa shape index (κ2) is 11.0. The molecule has 8 rings (SSSR count). The third-order valence-electron chi connectivity index (χ3n) is 10.9. The van der Waals surface area contributed by atoms with E-state index < -0.39 is 0 Å². The maximum absolute atomic E-state index is 10.6. The van der Waals surface area contributed by atoms with Crippen LogP contribution in [0.15, 0.2) is 0 Å². The lowest BCUT2D eigenvalue weighted by Crippen LogP contribution is -2.60. The molecular formula is C32H41N9O2S. The number of aromatic nitrogens is 2. The van der Waals surface area contributed by atoms with E-state index in [2.05, 4.69) is 32.2 Å². The average molecular weight is 616 g/mol. The summed E-state index contributed by atoms with van der Waals surface area (Å²) in [7, 11) is 0. The van der Waals surface area contributed by atoms with Crippen LogP contribution in [0.2, 0.25) is 0 Å². The zero-order valence-electron chi connectivity index (χ0n) is 25.3. The van der Waals surface area contributed by atoms with Crippen molar-refractivity contribution in [3.05, 3.63) is 21.6 Å². The molecule has 0 amide bonds. The molecule has 2 aliphatic carbocycles. The van der Waals surface area contributed by atoms with Gasteiger partial charge in [-0.15, -0.1) is 11.3 Å². The number of aryl methyl sites for hydroxylation is 1.